The molecule has 7 heteroatoms. The fourth-order valence-electron chi connectivity index (χ4n) is 5.81. The summed E-state index contributed by atoms with van der Waals surface area (Å²) in [4.78, 5) is 37.9. The van der Waals surface area contributed by atoms with Crippen LogP contribution < -0.4 is 10.6 Å². The summed E-state index contributed by atoms with van der Waals surface area (Å²) in [6, 6.07) is 8.91. The topological polar surface area (TPSA) is 105 Å². The number of rotatable bonds is 27. The number of ether oxygens (including phenoxy) is 1. The third-order valence-electron chi connectivity index (χ3n) is 8.51. The summed E-state index contributed by atoms with van der Waals surface area (Å²) < 4.78 is 5.98. The van der Waals surface area contributed by atoms with Crippen LogP contribution in [0.25, 0.3) is 0 Å². The first-order valence-electron chi connectivity index (χ1n) is 17.7. The summed E-state index contributed by atoms with van der Waals surface area (Å²) in [6.45, 7) is 10.3. The van der Waals surface area contributed by atoms with E-state index in [0.29, 0.717) is 25.7 Å². The van der Waals surface area contributed by atoms with Gasteiger partial charge >= 0.3 is 5.97 Å². The summed E-state index contributed by atoms with van der Waals surface area (Å²) >= 11 is 0. The molecule has 1 aromatic rings. The maximum atomic E-state index is 13.5. The average Bonchev–Trinajstić information content (AvgIpc) is 2.99. The van der Waals surface area contributed by atoms with Gasteiger partial charge in [0, 0.05) is 6.42 Å². The molecule has 0 unspecified atom stereocenters. The van der Waals surface area contributed by atoms with Crippen LogP contribution in [-0.4, -0.2) is 41.6 Å². The van der Waals surface area contributed by atoms with E-state index < -0.39 is 30.1 Å². The number of amides is 2. The van der Waals surface area contributed by atoms with Crippen LogP contribution >= 0.6 is 0 Å². The second kappa shape index (κ2) is 24.9. The van der Waals surface area contributed by atoms with Gasteiger partial charge in [0.1, 0.15) is 12.1 Å². The maximum absolute atomic E-state index is 13.5. The van der Waals surface area contributed by atoms with Crippen LogP contribution in [0.15, 0.2) is 30.3 Å². The van der Waals surface area contributed by atoms with E-state index in [1.54, 1.807) is 0 Å². The number of aliphatic hydroxyl groups is 1. The van der Waals surface area contributed by atoms with E-state index in [9.17, 15) is 19.5 Å². The number of hydrogen-bond donors (Lipinski definition) is 3. The van der Waals surface area contributed by atoms with Crippen molar-refractivity contribution in [3.8, 4) is 0 Å². The molecule has 5 atom stereocenters. The molecule has 0 radical (unpaired) electrons. The minimum atomic E-state index is -0.946. The van der Waals surface area contributed by atoms with E-state index in [1.807, 2.05) is 51.1 Å². The number of carbonyl (C=O) groups excluding carboxylic acids is 3. The van der Waals surface area contributed by atoms with Crippen molar-refractivity contribution in [1.29, 1.82) is 0 Å². The highest BCUT2D eigenvalue weighted by Gasteiger charge is 2.32. The van der Waals surface area contributed by atoms with Crippen LogP contribution in [0, 0.1) is 11.8 Å². The molecule has 0 aliphatic heterocycles. The molecule has 1 rings (SSSR count). The zero-order valence-electron chi connectivity index (χ0n) is 28.5. The van der Waals surface area contributed by atoms with Gasteiger partial charge in [-0.3, -0.25) is 9.59 Å². The highest BCUT2D eigenvalue weighted by atomic mass is 16.5. The van der Waals surface area contributed by atoms with E-state index in [0.717, 1.165) is 50.5 Å². The van der Waals surface area contributed by atoms with Crippen molar-refractivity contribution in [3.63, 3.8) is 0 Å². The van der Waals surface area contributed by atoms with Crippen LogP contribution in [0.5, 0.6) is 0 Å². The van der Waals surface area contributed by atoms with Gasteiger partial charge in [-0.2, -0.15) is 0 Å². The summed E-state index contributed by atoms with van der Waals surface area (Å²) in [7, 11) is 0. The molecule has 44 heavy (non-hydrogen) atoms. The SMILES string of the molecule is CCCCCCCCCCC[C@@H](C[C@@H](O)[C@H](CCCCCC)C(=O)N[C@@H](C)c1ccccc1)OC(=O)[C@H](CC(C)C)NC=O. The Bertz CT molecular complexity index is 878. The summed E-state index contributed by atoms with van der Waals surface area (Å²) in [5.74, 6) is -1.04. The monoisotopic (exact) mass is 616 g/mol. The quantitative estimate of drug-likeness (QED) is 0.0525. The Morgan fingerprint density at radius 3 is 1.91 bits per heavy atom. The molecule has 7 nitrogen and oxygen atoms in total. The molecule has 3 N–H and O–H groups in total. The smallest absolute Gasteiger partial charge is 0.328 e. The minimum absolute atomic E-state index is 0.168. The normalized spacial score (nSPS) is 14.8. The zero-order chi connectivity index (χ0) is 32.6. The van der Waals surface area contributed by atoms with E-state index in [1.165, 1.54) is 38.5 Å². The Kier molecular flexibility index (Phi) is 22.4. The van der Waals surface area contributed by atoms with E-state index in [4.69, 9.17) is 4.74 Å². The molecule has 0 heterocycles. The zero-order valence-corrected chi connectivity index (χ0v) is 28.5. The molecule has 0 aliphatic rings. The predicted molar refractivity (Wildman–Crippen MR) is 180 cm³/mol. The van der Waals surface area contributed by atoms with Gasteiger partial charge in [0.25, 0.3) is 0 Å². The Hall–Kier alpha value is -2.41. The average molecular weight is 617 g/mol. The van der Waals surface area contributed by atoms with Crippen molar-refractivity contribution in [1.82, 2.24) is 10.6 Å². The largest absolute Gasteiger partial charge is 0.461 e. The van der Waals surface area contributed by atoms with Crippen molar-refractivity contribution < 1.29 is 24.2 Å². The standard InChI is InChI=1S/C37H64N2O5/c1-6-8-10-12-13-14-15-16-20-24-32(44-37(43)34(38-28-40)26-29(3)4)27-35(41)33(25-21-11-9-7-2)36(42)39-30(5)31-22-18-17-19-23-31/h17-19,22-23,28-30,32-35,41H,6-16,20-21,24-27H2,1-5H3,(H,38,40)(H,39,42)/t30-,32-,33-,34-,35+/m0/s1. The molecule has 0 saturated heterocycles. The van der Waals surface area contributed by atoms with E-state index in [2.05, 4.69) is 24.5 Å². The summed E-state index contributed by atoms with van der Waals surface area (Å²) in [5, 5.41) is 17.2. The third kappa shape index (κ3) is 17.8. The lowest BCUT2D eigenvalue weighted by Gasteiger charge is -2.28. The van der Waals surface area contributed by atoms with Gasteiger partial charge < -0.3 is 20.5 Å². The van der Waals surface area contributed by atoms with Gasteiger partial charge in [0.2, 0.25) is 12.3 Å². The second-order valence-corrected chi connectivity index (χ2v) is 13.0. The number of hydrogen-bond acceptors (Lipinski definition) is 5. The molecule has 0 aliphatic carbocycles. The van der Waals surface area contributed by atoms with Crippen molar-refractivity contribution in [2.24, 2.45) is 11.8 Å². The van der Waals surface area contributed by atoms with Crippen LogP contribution in [0.3, 0.4) is 0 Å². The molecule has 2 amide bonds. The predicted octanol–water partition coefficient (Wildman–Crippen LogP) is 8.19. The molecule has 0 saturated carbocycles. The van der Waals surface area contributed by atoms with E-state index in [-0.39, 0.29) is 24.3 Å². The third-order valence-corrected chi connectivity index (χ3v) is 8.51. The lowest BCUT2D eigenvalue weighted by molar-refractivity contribution is -0.155. The van der Waals surface area contributed by atoms with Gasteiger partial charge in [-0.1, -0.05) is 135 Å². The number of benzene rings is 1. The molecule has 1 aromatic carbocycles. The lowest BCUT2D eigenvalue weighted by Crippen LogP contribution is -2.43. The van der Waals surface area contributed by atoms with Gasteiger partial charge in [-0.25, -0.2) is 4.79 Å². The van der Waals surface area contributed by atoms with Crippen molar-refractivity contribution in [2.75, 3.05) is 0 Å². The van der Waals surface area contributed by atoms with Crippen molar-refractivity contribution in [3.05, 3.63) is 35.9 Å². The van der Waals surface area contributed by atoms with Gasteiger partial charge in [-0.05, 0) is 44.1 Å². The lowest BCUT2D eigenvalue weighted by atomic mass is 9.89. The van der Waals surface area contributed by atoms with Gasteiger partial charge in [-0.15, -0.1) is 0 Å². The number of esters is 1. The van der Waals surface area contributed by atoms with Crippen LogP contribution in [-0.2, 0) is 19.1 Å². The molecule has 0 spiro atoms. The first kappa shape index (κ1) is 39.6. The first-order chi connectivity index (χ1) is 21.2. The molecular formula is C37H64N2O5. The molecule has 252 valence electrons. The van der Waals surface area contributed by atoms with Crippen LogP contribution in [0.2, 0.25) is 0 Å². The second-order valence-electron chi connectivity index (χ2n) is 13.0. The van der Waals surface area contributed by atoms with Gasteiger partial charge in [0.05, 0.1) is 18.1 Å². The number of aliphatic hydroxyl groups excluding tert-OH is 1. The Morgan fingerprint density at radius 2 is 1.34 bits per heavy atom. The fourth-order valence-corrected chi connectivity index (χ4v) is 5.81. The highest BCUT2D eigenvalue weighted by Crippen LogP contribution is 2.24. The minimum Gasteiger partial charge on any atom is -0.461 e. The van der Waals surface area contributed by atoms with E-state index >= 15 is 0 Å². The first-order valence-corrected chi connectivity index (χ1v) is 17.7. The van der Waals surface area contributed by atoms with Crippen molar-refractivity contribution >= 4 is 18.3 Å². The Labute approximate surface area is 268 Å². The Balaban J connectivity index is 2.95. The molecular weight excluding hydrogens is 552 g/mol. The Morgan fingerprint density at radius 1 is 0.795 bits per heavy atom. The summed E-state index contributed by atoms with van der Waals surface area (Å²) in [5.41, 5.74) is 1.01. The van der Waals surface area contributed by atoms with Gasteiger partial charge in [0.15, 0.2) is 0 Å². The number of carbonyl (C=O) groups is 3. The van der Waals surface area contributed by atoms with Crippen LogP contribution in [0.1, 0.15) is 155 Å². The van der Waals surface area contributed by atoms with Crippen molar-refractivity contribution in [2.45, 2.75) is 168 Å². The van der Waals surface area contributed by atoms with Crippen LogP contribution in [0.4, 0.5) is 0 Å². The number of nitrogens with one attached hydrogen (secondary N) is 2. The maximum Gasteiger partial charge on any atom is 0.328 e. The number of unbranched alkanes of at least 4 members (excludes halogenated alkanes) is 11. The highest BCUT2D eigenvalue weighted by molar-refractivity contribution is 5.80. The fraction of sp³-hybridized carbons (Fsp3) is 0.757. The molecule has 0 aromatic heterocycles. The molecule has 0 fully saturated rings. The summed E-state index contributed by atoms with van der Waals surface area (Å²) in [6.07, 6.45) is 15.6. The molecule has 0 bridgehead atoms.